The predicted octanol–water partition coefficient (Wildman–Crippen LogP) is 3.43. The number of thiazole rings is 1. The largest absolute Gasteiger partial charge is 0.477 e. The number of aryl methyl sites for hydroxylation is 3. The Labute approximate surface area is 104 Å². The maximum Gasteiger partial charge on any atom is 0.348 e. The fourth-order valence-corrected chi connectivity index (χ4v) is 2.44. The fourth-order valence-electron chi connectivity index (χ4n) is 1.66. The van der Waals surface area contributed by atoms with E-state index in [9.17, 15) is 4.79 Å². The van der Waals surface area contributed by atoms with Gasteiger partial charge in [-0.2, -0.15) is 0 Å². The van der Waals surface area contributed by atoms with Crippen molar-refractivity contribution in [2.45, 2.75) is 20.8 Å². The molecule has 1 aromatic heterocycles. The lowest BCUT2D eigenvalue weighted by molar-refractivity contribution is 0.0702. The Bertz CT molecular complexity index is 587. The first-order valence-corrected chi connectivity index (χ1v) is 6.09. The van der Waals surface area contributed by atoms with E-state index in [1.807, 2.05) is 39.0 Å². The number of benzene rings is 1. The van der Waals surface area contributed by atoms with Crippen molar-refractivity contribution in [2.24, 2.45) is 0 Å². The van der Waals surface area contributed by atoms with Crippen molar-refractivity contribution in [1.82, 2.24) is 4.98 Å². The second-order valence-corrected chi connectivity index (χ2v) is 5.22. The van der Waals surface area contributed by atoms with E-state index in [2.05, 4.69) is 4.98 Å². The van der Waals surface area contributed by atoms with Gasteiger partial charge in [0.2, 0.25) is 0 Å². The Morgan fingerprint density at radius 2 is 1.94 bits per heavy atom. The summed E-state index contributed by atoms with van der Waals surface area (Å²) in [5.41, 5.74) is 3.78. The topological polar surface area (TPSA) is 50.2 Å². The summed E-state index contributed by atoms with van der Waals surface area (Å²) < 4.78 is 0. The second kappa shape index (κ2) is 4.30. The van der Waals surface area contributed by atoms with Crippen LogP contribution in [-0.2, 0) is 0 Å². The molecule has 3 nitrogen and oxygen atoms in total. The summed E-state index contributed by atoms with van der Waals surface area (Å²) in [5.74, 6) is -0.913. The molecule has 0 amide bonds. The molecule has 0 radical (unpaired) electrons. The van der Waals surface area contributed by atoms with Gasteiger partial charge in [-0.15, -0.1) is 11.3 Å². The van der Waals surface area contributed by atoms with Crippen LogP contribution >= 0.6 is 11.3 Å². The summed E-state index contributed by atoms with van der Waals surface area (Å²) in [4.78, 5) is 15.8. The highest BCUT2D eigenvalue weighted by atomic mass is 32.1. The van der Waals surface area contributed by atoms with Crippen LogP contribution < -0.4 is 0 Å². The van der Waals surface area contributed by atoms with Gasteiger partial charge < -0.3 is 5.11 Å². The first kappa shape index (κ1) is 11.8. The van der Waals surface area contributed by atoms with Crippen molar-refractivity contribution in [1.29, 1.82) is 0 Å². The molecule has 17 heavy (non-hydrogen) atoms. The summed E-state index contributed by atoms with van der Waals surface area (Å²) in [6, 6.07) is 5.89. The molecule has 0 saturated heterocycles. The van der Waals surface area contributed by atoms with Gasteiger partial charge in [-0.3, -0.25) is 0 Å². The molecule has 0 unspecified atom stereocenters. The molecule has 0 fully saturated rings. The van der Waals surface area contributed by atoms with E-state index in [0.717, 1.165) is 16.1 Å². The van der Waals surface area contributed by atoms with Crippen LogP contribution in [0.25, 0.3) is 11.3 Å². The van der Waals surface area contributed by atoms with Crippen LogP contribution in [-0.4, -0.2) is 16.1 Å². The van der Waals surface area contributed by atoms with Crippen molar-refractivity contribution < 1.29 is 9.90 Å². The smallest absolute Gasteiger partial charge is 0.348 e. The van der Waals surface area contributed by atoms with E-state index >= 15 is 0 Å². The lowest BCUT2D eigenvalue weighted by Gasteiger charge is -2.03. The monoisotopic (exact) mass is 247 g/mol. The average Bonchev–Trinajstić information content (AvgIpc) is 2.64. The van der Waals surface area contributed by atoms with Crippen molar-refractivity contribution >= 4 is 17.3 Å². The van der Waals surface area contributed by atoms with E-state index in [4.69, 9.17) is 5.11 Å². The van der Waals surface area contributed by atoms with Gasteiger partial charge in [0.25, 0.3) is 0 Å². The summed E-state index contributed by atoms with van der Waals surface area (Å²) >= 11 is 1.22. The molecule has 0 aliphatic rings. The van der Waals surface area contributed by atoms with E-state index in [1.54, 1.807) is 0 Å². The Kier molecular flexibility index (Phi) is 2.98. The van der Waals surface area contributed by atoms with Gasteiger partial charge in [0, 0.05) is 5.56 Å². The van der Waals surface area contributed by atoms with Crippen molar-refractivity contribution in [3.63, 3.8) is 0 Å². The molecule has 0 bridgehead atoms. The molecule has 2 aromatic rings. The van der Waals surface area contributed by atoms with Gasteiger partial charge in [0.05, 0.1) is 10.7 Å². The van der Waals surface area contributed by atoms with Crippen molar-refractivity contribution in [2.75, 3.05) is 0 Å². The molecule has 0 atom stereocenters. The Morgan fingerprint density at radius 1 is 1.24 bits per heavy atom. The quantitative estimate of drug-likeness (QED) is 0.884. The number of nitrogens with zero attached hydrogens (tertiary/aromatic N) is 1. The van der Waals surface area contributed by atoms with Crippen LogP contribution in [0.3, 0.4) is 0 Å². The van der Waals surface area contributed by atoms with E-state index < -0.39 is 5.97 Å². The standard InChI is InChI=1S/C13H13NO2S/c1-7-4-5-10(6-8(7)2)11-12(13(15)16)17-9(3)14-11/h4-6H,1-3H3,(H,15,16). The van der Waals surface area contributed by atoms with Gasteiger partial charge in [-0.1, -0.05) is 12.1 Å². The van der Waals surface area contributed by atoms with Crippen LogP contribution in [0.4, 0.5) is 0 Å². The molecule has 4 heteroatoms. The minimum atomic E-state index is -0.913. The molecule has 0 saturated carbocycles. The molecule has 2 rings (SSSR count). The Hall–Kier alpha value is -1.68. The highest BCUT2D eigenvalue weighted by molar-refractivity contribution is 7.14. The molecule has 1 heterocycles. The highest BCUT2D eigenvalue weighted by Crippen LogP contribution is 2.29. The summed E-state index contributed by atoms with van der Waals surface area (Å²) in [6.45, 7) is 5.86. The number of carboxylic acid groups (broad SMARTS) is 1. The molecule has 0 aliphatic heterocycles. The molecule has 0 spiro atoms. The maximum atomic E-state index is 11.1. The number of carboxylic acids is 1. The van der Waals surface area contributed by atoms with Gasteiger partial charge >= 0.3 is 5.97 Å². The number of aromatic carboxylic acids is 1. The molecule has 1 N–H and O–H groups in total. The van der Waals surface area contributed by atoms with Crippen LogP contribution in [0.15, 0.2) is 18.2 Å². The second-order valence-electron chi connectivity index (χ2n) is 4.01. The number of aromatic nitrogens is 1. The van der Waals surface area contributed by atoms with Crippen molar-refractivity contribution in [3.8, 4) is 11.3 Å². The van der Waals surface area contributed by atoms with Gasteiger partial charge in [-0.25, -0.2) is 9.78 Å². The first-order chi connectivity index (χ1) is 7.99. The Morgan fingerprint density at radius 3 is 2.53 bits per heavy atom. The predicted molar refractivity (Wildman–Crippen MR) is 68.7 cm³/mol. The minimum absolute atomic E-state index is 0.311. The zero-order valence-electron chi connectivity index (χ0n) is 9.94. The highest BCUT2D eigenvalue weighted by Gasteiger charge is 2.17. The molecular formula is C13H13NO2S. The zero-order chi connectivity index (χ0) is 12.6. The van der Waals surface area contributed by atoms with E-state index in [1.165, 1.54) is 16.9 Å². The van der Waals surface area contributed by atoms with Crippen LogP contribution in [0.1, 0.15) is 25.8 Å². The van der Waals surface area contributed by atoms with E-state index in [-0.39, 0.29) is 0 Å². The number of rotatable bonds is 2. The molecule has 1 aromatic carbocycles. The molecular weight excluding hydrogens is 234 g/mol. The van der Waals surface area contributed by atoms with Gasteiger partial charge in [0.1, 0.15) is 4.88 Å². The molecule has 88 valence electrons. The number of carbonyl (C=O) groups is 1. The zero-order valence-corrected chi connectivity index (χ0v) is 10.8. The first-order valence-electron chi connectivity index (χ1n) is 5.27. The number of hydrogen-bond donors (Lipinski definition) is 1. The van der Waals surface area contributed by atoms with Crippen LogP contribution in [0, 0.1) is 20.8 Å². The minimum Gasteiger partial charge on any atom is -0.477 e. The average molecular weight is 247 g/mol. The van der Waals surface area contributed by atoms with Crippen LogP contribution in [0.2, 0.25) is 0 Å². The van der Waals surface area contributed by atoms with E-state index in [0.29, 0.717) is 10.6 Å². The fraction of sp³-hybridized carbons (Fsp3) is 0.231. The number of hydrogen-bond acceptors (Lipinski definition) is 3. The summed E-state index contributed by atoms with van der Waals surface area (Å²) in [6.07, 6.45) is 0. The third-order valence-corrected chi connectivity index (χ3v) is 3.67. The summed E-state index contributed by atoms with van der Waals surface area (Å²) in [5, 5.41) is 9.91. The van der Waals surface area contributed by atoms with Crippen LogP contribution in [0.5, 0.6) is 0 Å². The van der Waals surface area contributed by atoms with Crippen molar-refractivity contribution in [3.05, 3.63) is 39.2 Å². The SMILES string of the molecule is Cc1nc(-c2ccc(C)c(C)c2)c(C(=O)O)s1. The summed E-state index contributed by atoms with van der Waals surface area (Å²) in [7, 11) is 0. The lowest BCUT2D eigenvalue weighted by Crippen LogP contribution is -1.96. The van der Waals surface area contributed by atoms with Gasteiger partial charge in [0.15, 0.2) is 0 Å². The third kappa shape index (κ3) is 2.22. The third-order valence-electron chi connectivity index (χ3n) is 2.71. The molecule has 0 aliphatic carbocycles. The maximum absolute atomic E-state index is 11.1. The van der Waals surface area contributed by atoms with Gasteiger partial charge in [-0.05, 0) is 38.0 Å². The normalized spacial score (nSPS) is 10.5. The Balaban J connectivity index is 2.59. The lowest BCUT2D eigenvalue weighted by atomic mass is 10.0.